The molecule has 2 heterocycles. The number of aliphatic hydroxyl groups excluding tert-OH is 1. The Balaban J connectivity index is 1.60. The maximum Gasteiger partial charge on any atom is 0.547 e. The van der Waals surface area contributed by atoms with Gasteiger partial charge in [-0.15, -0.1) is 5.10 Å². The summed E-state index contributed by atoms with van der Waals surface area (Å²) in [6.07, 6.45) is 1.91. The molecule has 3 rings (SSSR count). The predicted octanol–water partition coefficient (Wildman–Crippen LogP) is -0.994. The molecular formula is C16H19BIN5O6. The number of hydrogen-bond acceptors (Lipinski definition) is 9. The molecule has 29 heavy (non-hydrogen) atoms. The molecule has 11 nitrogen and oxygen atoms in total. The predicted molar refractivity (Wildman–Crippen MR) is 109 cm³/mol. The number of aliphatic hydroxyl groups is 1. The van der Waals surface area contributed by atoms with Crippen molar-refractivity contribution in [3.8, 4) is 5.75 Å². The van der Waals surface area contributed by atoms with Crippen LogP contribution in [0, 0.1) is 0 Å². The molecule has 0 aliphatic carbocycles. The topological polar surface area (TPSA) is 148 Å². The van der Waals surface area contributed by atoms with Crippen molar-refractivity contribution in [3.05, 3.63) is 41.2 Å². The van der Waals surface area contributed by atoms with E-state index in [4.69, 9.17) is 12.8 Å². The summed E-state index contributed by atoms with van der Waals surface area (Å²) in [5, 5.41) is 32.5. The second kappa shape index (κ2) is 10.0. The third kappa shape index (κ3) is 5.43. The van der Waals surface area contributed by atoms with E-state index in [9.17, 15) is 14.6 Å². The summed E-state index contributed by atoms with van der Waals surface area (Å²) >= 11 is 1.49. The van der Waals surface area contributed by atoms with Crippen molar-refractivity contribution in [1.29, 1.82) is 0 Å². The number of hydrogen-bond donors (Lipinski definition) is 4. The average molecular weight is 515 g/mol. The van der Waals surface area contributed by atoms with Crippen LogP contribution in [0.5, 0.6) is 5.75 Å². The van der Waals surface area contributed by atoms with Gasteiger partial charge in [0.15, 0.2) is 23.0 Å². The van der Waals surface area contributed by atoms with Crippen LogP contribution in [-0.2, 0) is 27.4 Å². The van der Waals surface area contributed by atoms with Gasteiger partial charge in [-0.1, -0.05) is 17.3 Å². The Morgan fingerprint density at radius 1 is 1.45 bits per heavy atom. The zero-order chi connectivity index (χ0) is 20.8. The molecule has 4 N–H and O–H groups in total. The van der Waals surface area contributed by atoms with Crippen LogP contribution in [0.1, 0.15) is 21.6 Å². The monoisotopic (exact) mass is 515 g/mol. The number of carbonyl (C=O) groups excluding carboxylic acids is 2. The van der Waals surface area contributed by atoms with Crippen LogP contribution in [0.25, 0.3) is 0 Å². The highest BCUT2D eigenvalue weighted by atomic mass is 127. The van der Waals surface area contributed by atoms with E-state index in [2.05, 4.69) is 20.9 Å². The number of halogens is 1. The summed E-state index contributed by atoms with van der Waals surface area (Å²) in [6, 6.07) is 4.99. The normalized spacial score (nSPS) is 15.4. The van der Waals surface area contributed by atoms with Gasteiger partial charge in [-0.3, -0.25) is 4.79 Å². The molecule has 0 unspecified atom stereocenters. The summed E-state index contributed by atoms with van der Waals surface area (Å²) in [6.45, 7) is 0.804. The van der Waals surface area contributed by atoms with Gasteiger partial charge in [0.2, 0.25) is 5.91 Å². The van der Waals surface area contributed by atoms with Gasteiger partial charge < -0.3 is 28.5 Å². The summed E-state index contributed by atoms with van der Waals surface area (Å²) in [4.78, 5) is 24.2. The SMILES string of the molecule is O=C(Cn1cc(CNCCO)nn1)N[C@H]1Cc2cccc(C(=O)OI)c2OB1O. The fourth-order valence-electron chi connectivity index (χ4n) is 2.94. The minimum atomic E-state index is -1.32. The average Bonchev–Trinajstić information content (AvgIpc) is 3.14. The molecule has 1 aliphatic rings. The molecule has 0 fully saturated rings. The Morgan fingerprint density at radius 2 is 2.28 bits per heavy atom. The first-order valence-electron chi connectivity index (χ1n) is 8.81. The highest BCUT2D eigenvalue weighted by Crippen LogP contribution is 2.30. The molecule has 0 radical (unpaired) electrons. The van der Waals surface area contributed by atoms with Crippen molar-refractivity contribution in [3.63, 3.8) is 0 Å². The third-order valence-corrected chi connectivity index (χ3v) is 4.64. The summed E-state index contributed by atoms with van der Waals surface area (Å²) in [5.74, 6) is -1.38. The molecule has 154 valence electrons. The van der Waals surface area contributed by atoms with Gasteiger partial charge >= 0.3 is 13.1 Å². The number of para-hydroxylation sites is 1. The Labute approximate surface area is 180 Å². The fourth-order valence-corrected chi connectivity index (χ4v) is 3.18. The Hall–Kier alpha value is -2.23. The van der Waals surface area contributed by atoms with Crippen molar-refractivity contribution in [2.45, 2.75) is 25.5 Å². The van der Waals surface area contributed by atoms with E-state index >= 15 is 0 Å². The lowest BCUT2D eigenvalue weighted by Crippen LogP contribution is -2.53. The molecule has 1 aliphatic heterocycles. The first-order valence-corrected chi connectivity index (χ1v) is 9.69. The lowest BCUT2D eigenvalue weighted by Gasteiger charge is -2.29. The highest BCUT2D eigenvalue weighted by molar-refractivity contribution is 14.1. The fraction of sp³-hybridized carbons (Fsp3) is 0.375. The number of aromatic nitrogens is 3. The first-order chi connectivity index (χ1) is 14.0. The van der Waals surface area contributed by atoms with E-state index in [1.54, 1.807) is 24.4 Å². The Bertz CT molecular complexity index is 881. The summed E-state index contributed by atoms with van der Waals surface area (Å²) in [7, 11) is -1.32. The van der Waals surface area contributed by atoms with Gasteiger partial charge in [0.25, 0.3) is 0 Å². The molecule has 1 aromatic carbocycles. The van der Waals surface area contributed by atoms with Crippen LogP contribution in [0.3, 0.4) is 0 Å². The number of benzene rings is 1. The molecule has 1 aromatic heterocycles. The third-order valence-electron chi connectivity index (χ3n) is 4.24. The molecule has 0 bridgehead atoms. The van der Waals surface area contributed by atoms with Crippen LogP contribution < -0.4 is 15.3 Å². The molecule has 13 heteroatoms. The van der Waals surface area contributed by atoms with Crippen molar-refractivity contribution in [2.24, 2.45) is 0 Å². The second-order valence-corrected chi connectivity index (χ2v) is 6.79. The van der Waals surface area contributed by atoms with Crippen LogP contribution in [-0.4, -0.2) is 63.2 Å². The van der Waals surface area contributed by atoms with Gasteiger partial charge in [-0.05, 0) is 18.1 Å². The maximum atomic E-state index is 12.3. The van der Waals surface area contributed by atoms with E-state index in [0.717, 1.165) is 0 Å². The number of rotatable bonds is 8. The van der Waals surface area contributed by atoms with Crippen LogP contribution in [0.4, 0.5) is 0 Å². The first kappa shape index (κ1) is 21.5. The van der Waals surface area contributed by atoms with Crippen molar-refractivity contribution >= 4 is 42.0 Å². The van der Waals surface area contributed by atoms with Gasteiger partial charge in [0.05, 0.1) is 24.4 Å². The Morgan fingerprint density at radius 3 is 3.03 bits per heavy atom. The minimum absolute atomic E-state index is 0.0200. The van der Waals surface area contributed by atoms with Crippen LogP contribution in [0.2, 0.25) is 0 Å². The molecular weight excluding hydrogens is 496 g/mol. The van der Waals surface area contributed by atoms with Crippen molar-refractivity contribution in [1.82, 2.24) is 25.6 Å². The zero-order valence-electron chi connectivity index (χ0n) is 15.2. The number of nitrogens with zero attached hydrogens (tertiary/aromatic N) is 3. The van der Waals surface area contributed by atoms with Crippen molar-refractivity contribution in [2.75, 3.05) is 13.2 Å². The van der Waals surface area contributed by atoms with Gasteiger partial charge in [-0.25, -0.2) is 9.48 Å². The second-order valence-electron chi connectivity index (χ2n) is 6.35. The highest BCUT2D eigenvalue weighted by Gasteiger charge is 2.37. The van der Waals surface area contributed by atoms with E-state index < -0.39 is 19.0 Å². The zero-order valence-corrected chi connectivity index (χ0v) is 17.4. The van der Waals surface area contributed by atoms with Gasteiger partial charge in [0, 0.05) is 13.1 Å². The summed E-state index contributed by atoms with van der Waals surface area (Å²) < 4.78 is 11.6. The van der Waals surface area contributed by atoms with Gasteiger partial charge in [0.1, 0.15) is 17.9 Å². The standard InChI is InChI=1S/C16H19BIN5O6/c18-29-16(26)12-3-1-2-10-6-13(17(27)28-15(10)12)20-14(25)9-23-8-11(21-22-23)7-19-4-5-24/h1-3,8,13,19,24,27H,4-7,9H2,(H,20,25)/t13-/m0/s1. The number of fused-ring (bicyclic) bond motifs is 1. The number of nitrogens with one attached hydrogen (secondary N) is 2. The number of carbonyl (C=O) groups is 2. The van der Waals surface area contributed by atoms with Crippen molar-refractivity contribution < 1.29 is 27.4 Å². The van der Waals surface area contributed by atoms with Crippen LogP contribution in [0.15, 0.2) is 24.4 Å². The lowest BCUT2D eigenvalue weighted by atomic mass is 9.72. The maximum absolute atomic E-state index is 12.3. The van der Waals surface area contributed by atoms with E-state index in [1.807, 2.05) is 0 Å². The molecule has 1 atom stereocenters. The smallest absolute Gasteiger partial charge is 0.534 e. The largest absolute Gasteiger partial charge is 0.547 e. The molecule has 0 saturated heterocycles. The lowest BCUT2D eigenvalue weighted by molar-refractivity contribution is -0.122. The number of amides is 1. The molecule has 0 saturated carbocycles. The summed E-state index contributed by atoms with van der Waals surface area (Å²) in [5.41, 5.74) is 1.53. The van der Waals surface area contributed by atoms with E-state index in [-0.39, 0.29) is 36.8 Å². The van der Waals surface area contributed by atoms with E-state index in [1.165, 1.54) is 27.7 Å². The minimum Gasteiger partial charge on any atom is -0.534 e. The molecule has 1 amide bonds. The quantitative estimate of drug-likeness (QED) is 0.198. The molecule has 0 spiro atoms. The van der Waals surface area contributed by atoms with E-state index in [0.29, 0.717) is 24.3 Å². The molecule has 2 aromatic rings. The van der Waals surface area contributed by atoms with Gasteiger partial charge in [-0.2, -0.15) is 0 Å². The van der Waals surface area contributed by atoms with Crippen LogP contribution >= 0.6 is 23.0 Å². The Kier molecular flexibility index (Phi) is 7.41.